The first-order chi connectivity index (χ1) is 15.4. The lowest BCUT2D eigenvalue weighted by molar-refractivity contribution is -0.140. The maximum absolute atomic E-state index is 13.5. The number of likely N-dealkylation sites (tertiary alicyclic amines) is 1. The average Bonchev–Trinajstić information content (AvgIpc) is 3.11. The molecule has 1 aromatic rings. The number of hydrogen-bond acceptors (Lipinski definition) is 4. The van der Waals surface area contributed by atoms with Gasteiger partial charge < -0.3 is 10.2 Å². The Kier molecular flexibility index (Phi) is 6.15. The van der Waals surface area contributed by atoms with Crippen molar-refractivity contribution in [2.45, 2.75) is 91.0 Å². The SMILES string of the molecule is CCc1nc(Cl)c(CC)c(NCC2CC(C)N(C(=O)CC34CC5CC(CC(C5)C3)C4)C2)n1. The molecule has 5 aliphatic rings. The van der Waals surface area contributed by atoms with Crippen LogP contribution in [-0.4, -0.2) is 39.9 Å². The van der Waals surface area contributed by atoms with E-state index in [1.54, 1.807) is 0 Å². The molecule has 1 aliphatic heterocycles. The maximum atomic E-state index is 13.5. The van der Waals surface area contributed by atoms with Crippen LogP contribution in [-0.2, 0) is 17.6 Å². The van der Waals surface area contributed by atoms with Gasteiger partial charge in [0.1, 0.15) is 16.8 Å². The minimum Gasteiger partial charge on any atom is -0.369 e. The fraction of sp³-hybridized carbons (Fsp3) is 0.808. The number of amides is 1. The summed E-state index contributed by atoms with van der Waals surface area (Å²) in [6.07, 6.45) is 11.7. The summed E-state index contributed by atoms with van der Waals surface area (Å²) in [6, 6.07) is 0.328. The predicted molar refractivity (Wildman–Crippen MR) is 129 cm³/mol. The van der Waals surface area contributed by atoms with Crippen molar-refractivity contribution < 1.29 is 4.79 Å². The summed E-state index contributed by atoms with van der Waals surface area (Å²) in [5.41, 5.74) is 1.32. The van der Waals surface area contributed by atoms with Crippen molar-refractivity contribution in [3.05, 3.63) is 16.5 Å². The minimum absolute atomic E-state index is 0.326. The number of aryl methyl sites for hydroxylation is 1. The first-order valence-corrected chi connectivity index (χ1v) is 13.3. The lowest BCUT2D eigenvalue weighted by Crippen LogP contribution is -2.48. The zero-order valence-electron chi connectivity index (χ0n) is 20.0. The van der Waals surface area contributed by atoms with Crippen molar-refractivity contribution in [3.8, 4) is 0 Å². The number of hydrogen-bond donors (Lipinski definition) is 1. The topological polar surface area (TPSA) is 58.1 Å². The molecule has 6 heteroatoms. The Morgan fingerprint density at radius 2 is 1.72 bits per heavy atom. The van der Waals surface area contributed by atoms with Gasteiger partial charge in [0, 0.05) is 37.5 Å². The number of nitrogens with zero attached hydrogens (tertiary/aromatic N) is 3. The van der Waals surface area contributed by atoms with Crippen LogP contribution in [0.2, 0.25) is 5.15 Å². The zero-order valence-corrected chi connectivity index (χ0v) is 20.8. The Balaban J connectivity index is 1.20. The van der Waals surface area contributed by atoms with Crippen molar-refractivity contribution >= 4 is 23.3 Å². The molecule has 4 bridgehead atoms. The summed E-state index contributed by atoms with van der Waals surface area (Å²) in [6.45, 7) is 8.05. The van der Waals surface area contributed by atoms with Crippen LogP contribution in [0.5, 0.6) is 0 Å². The summed E-state index contributed by atoms with van der Waals surface area (Å²) in [5, 5.41) is 4.12. The third kappa shape index (κ3) is 4.26. The lowest BCUT2D eigenvalue weighted by Gasteiger charge is -2.57. The Bertz CT molecular complexity index is 836. The van der Waals surface area contributed by atoms with Crippen molar-refractivity contribution in [2.75, 3.05) is 18.4 Å². The van der Waals surface area contributed by atoms with Gasteiger partial charge in [-0.2, -0.15) is 0 Å². The number of rotatable bonds is 7. The second kappa shape index (κ2) is 8.77. The molecule has 5 nitrogen and oxygen atoms in total. The van der Waals surface area contributed by atoms with Gasteiger partial charge in [-0.05, 0) is 87.4 Å². The molecule has 1 N–H and O–H groups in total. The number of halogens is 1. The van der Waals surface area contributed by atoms with Gasteiger partial charge in [0.05, 0.1) is 0 Å². The number of carbonyl (C=O) groups is 1. The van der Waals surface area contributed by atoms with E-state index in [1.165, 1.54) is 38.5 Å². The molecule has 176 valence electrons. The highest BCUT2D eigenvalue weighted by Crippen LogP contribution is 2.61. The van der Waals surface area contributed by atoms with Crippen LogP contribution < -0.4 is 5.32 Å². The smallest absolute Gasteiger partial charge is 0.223 e. The first kappa shape index (κ1) is 22.4. The van der Waals surface area contributed by atoms with E-state index in [4.69, 9.17) is 16.6 Å². The molecule has 32 heavy (non-hydrogen) atoms. The fourth-order valence-electron chi connectivity index (χ4n) is 7.93. The van der Waals surface area contributed by atoms with E-state index in [-0.39, 0.29) is 0 Å². The van der Waals surface area contributed by atoms with Gasteiger partial charge in [0.15, 0.2) is 0 Å². The lowest BCUT2D eigenvalue weighted by atomic mass is 9.49. The Labute approximate surface area is 198 Å². The largest absolute Gasteiger partial charge is 0.369 e. The number of anilines is 1. The van der Waals surface area contributed by atoms with E-state index in [1.807, 2.05) is 6.92 Å². The molecule has 2 heterocycles. The highest BCUT2D eigenvalue weighted by molar-refractivity contribution is 6.30. The van der Waals surface area contributed by atoms with E-state index in [2.05, 4.69) is 29.0 Å². The maximum Gasteiger partial charge on any atom is 0.223 e. The third-order valence-corrected chi connectivity index (χ3v) is 9.22. The highest BCUT2D eigenvalue weighted by atomic mass is 35.5. The van der Waals surface area contributed by atoms with Crippen LogP contribution in [0, 0.1) is 29.1 Å². The Hall–Kier alpha value is -1.36. The molecule has 6 rings (SSSR count). The second-order valence-corrected chi connectivity index (χ2v) is 11.8. The van der Waals surface area contributed by atoms with Crippen LogP contribution >= 0.6 is 11.6 Å². The van der Waals surface area contributed by atoms with Gasteiger partial charge in [-0.15, -0.1) is 0 Å². The van der Waals surface area contributed by atoms with Crippen molar-refractivity contribution in [1.82, 2.24) is 14.9 Å². The molecule has 5 fully saturated rings. The monoisotopic (exact) mass is 458 g/mol. The van der Waals surface area contributed by atoms with Gasteiger partial charge in [-0.1, -0.05) is 25.4 Å². The van der Waals surface area contributed by atoms with E-state index in [0.29, 0.717) is 28.4 Å². The molecule has 4 aliphatic carbocycles. The summed E-state index contributed by atoms with van der Waals surface area (Å²) in [5.74, 6) is 5.23. The number of nitrogens with one attached hydrogen (secondary N) is 1. The number of aromatic nitrogens is 2. The van der Waals surface area contributed by atoms with Gasteiger partial charge in [-0.3, -0.25) is 4.79 Å². The number of carbonyl (C=O) groups excluding carboxylic acids is 1. The molecule has 4 saturated carbocycles. The Morgan fingerprint density at radius 1 is 1.06 bits per heavy atom. The zero-order chi connectivity index (χ0) is 22.5. The van der Waals surface area contributed by atoms with Gasteiger partial charge in [0.25, 0.3) is 0 Å². The third-order valence-electron chi connectivity index (χ3n) is 8.90. The molecule has 0 aromatic carbocycles. The molecule has 2 unspecified atom stereocenters. The molecule has 0 radical (unpaired) electrons. The molecule has 0 spiro atoms. The predicted octanol–water partition coefficient (Wildman–Crippen LogP) is 5.51. The second-order valence-electron chi connectivity index (χ2n) is 11.4. The molecular weight excluding hydrogens is 420 g/mol. The van der Waals surface area contributed by atoms with Crippen molar-refractivity contribution in [3.63, 3.8) is 0 Å². The highest BCUT2D eigenvalue weighted by Gasteiger charge is 2.52. The van der Waals surface area contributed by atoms with Crippen LogP contribution in [0.15, 0.2) is 0 Å². The molecule has 1 amide bonds. The quantitative estimate of drug-likeness (QED) is 0.547. The molecule has 2 atom stereocenters. The average molecular weight is 459 g/mol. The molecule has 1 aromatic heterocycles. The van der Waals surface area contributed by atoms with E-state index in [9.17, 15) is 4.79 Å². The van der Waals surface area contributed by atoms with Crippen LogP contribution in [0.1, 0.15) is 83.5 Å². The van der Waals surface area contributed by atoms with Crippen LogP contribution in [0.4, 0.5) is 5.82 Å². The van der Waals surface area contributed by atoms with E-state index in [0.717, 1.165) is 73.7 Å². The van der Waals surface area contributed by atoms with E-state index < -0.39 is 0 Å². The molecule has 1 saturated heterocycles. The summed E-state index contributed by atoms with van der Waals surface area (Å²) < 4.78 is 0. The van der Waals surface area contributed by atoms with Crippen molar-refractivity contribution in [1.29, 1.82) is 0 Å². The summed E-state index contributed by atoms with van der Waals surface area (Å²) in [7, 11) is 0. The summed E-state index contributed by atoms with van der Waals surface area (Å²) >= 11 is 6.40. The van der Waals surface area contributed by atoms with Gasteiger partial charge in [-0.25, -0.2) is 9.97 Å². The minimum atomic E-state index is 0.326. The molecular formula is C26H39ClN4O. The normalized spacial score (nSPS) is 35.5. The van der Waals surface area contributed by atoms with Crippen molar-refractivity contribution in [2.24, 2.45) is 29.1 Å². The summed E-state index contributed by atoms with van der Waals surface area (Å²) in [4.78, 5) is 24.7. The fourth-order valence-corrected chi connectivity index (χ4v) is 8.25. The van der Waals surface area contributed by atoms with Crippen LogP contribution in [0.3, 0.4) is 0 Å². The van der Waals surface area contributed by atoms with Gasteiger partial charge >= 0.3 is 0 Å². The van der Waals surface area contributed by atoms with Crippen LogP contribution in [0.25, 0.3) is 0 Å². The van der Waals surface area contributed by atoms with E-state index >= 15 is 0 Å². The standard InChI is InChI=1S/C26H39ClN4O/c1-4-21-24(27)29-22(5-2)30-25(21)28-14-20-6-16(3)31(15-20)23(32)13-26-10-17-7-18(11-26)9-19(8-17)12-26/h16-20H,4-15H2,1-3H3,(H,28,29,30). The first-order valence-electron chi connectivity index (χ1n) is 13.0. The Morgan fingerprint density at radius 3 is 2.31 bits per heavy atom. The van der Waals surface area contributed by atoms with Gasteiger partial charge in [0.2, 0.25) is 5.91 Å².